The van der Waals surface area contributed by atoms with E-state index in [4.69, 9.17) is 5.73 Å². The van der Waals surface area contributed by atoms with E-state index < -0.39 is 6.67 Å². The molecule has 0 saturated carbocycles. The fourth-order valence-electron chi connectivity index (χ4n) is 0.861. The average molecular weight is 154 g/mol. The summed E-state index contributed by atoms with van der Waals surface area (Å²) < 4.78 is 11.8. The molecule has 60 valence electrons. The van der Waals surface area contributed by atoms with Gasteiger partial charge < -0.3 is 5.73 Å². The third kappa shape index (κ3) is 2.27. The summed E-state index contributed by atoms with van der Waals surface area (Å²) in [5.74, 6) is 0. The van der Waals surface area contributed by atoms with Crippen molar-refractivity contribution in [3.8, 4) is 0 Å². The minimum absolute atomic E-state index is 0.263. The van der Waals surface area contributed by atoms with E-state index in [2.05, 4.69) is 4.98 Å². The maximum atomic E-state index is 11.8. The summed E-state index contributed by atoms with van der Waals surface area (Å²) >= 11 is 0. The fraction of sp³-hybridized carbons (Fsp3) is 0.375. The van der Waals surface area contributed by atoms with Gasteiger partial charge in [0.1, 0.15) is 0 Å². The maximum Gasteiger partial charge on any atom is 0.0913 e. The summed E-state index contributed by atoms with van der Waals surface area (Å²) in [4.78, 5) is 4.01. The number of hydrogen-bond donors (Lipinski definition) is 1. The third-order valence-corrected chi connectivity index (χ3v) is 1.49. The molecule has 0 bridgehead atoms. The van der Waals surface area contributed by atoms with E-state index >= 15 is 0 Å². The highest BCUT2D eigenvalue weighted by atomic mass is 19.1. The minimum atomic E-state index is -0.391. The number of hydrogen-bond acceptors (Lipinski definition) is 2. The predicted molar refractivity (Wildman–Crippen MR) is 41.8 cm³/mol. The van der Waals surface area contributed by atoms with E-state index in [0.717, 1.165) is 5.69 Å². The molecule has 0 spiro atoms. The van der Waals surface area contributed by atoms with Crippen LogP contribution in [0.15, 0.2) is 24.4 Å². The molecular formula is C8H11FN2. The fourth-order valence-corrected chi connectivity index (χ4v) is 0.861. The number of halogens is 1. The van der Waals surface area contributed by atoms with Crippen molar-refractivity contribution in [1.82, 2.24) is 4.98 Å². The second kappa shape index (κ2) is 4.03. The Morgan fingerprint density at radius 3 is 2.91 bits per heavy atom. The normalized spacial score (nSPS) is 12.9. The molecule has 0 saturated heterocycles. The molecule has 3 heteroatoms. The molecule has 0 aliphatic heterocycles. The summed E-state index contributed by atoms with van der Waals surface area (Å²) in [5.41, 5.74) is 6.36. The topological polar surface area (TPSA) is 38.9 Å². The molecule has 0 fully saturated rings. The summed E-state index contributed by atoms with van der Waals surface area (Å²) in [6, 6.07) is 5.20. The van der Waals surface area contributed by atoms with Gasteiger partial charge in [-0.15, -0.1) is 0 Å². The molecule has 1 atom stereocenters. The lowest BCUT2D eigenvalue weighted by Crippen LogP contribution is -2.12. The van der Waals surface area contributed by atoms with Crippen LogP contribution in [0.4, 0.5) is 4.39 Å². The van der Waals surface area contributed by atoms with Crippen LogP contribution in [-0.4, -0.2) is 11.7 Å². The van der Waals surface area contributed by atoms with Crippen molar-refractivity contribution >= 4 is 0 Å². The van der Waals surface area contributed by atoms with Crippen LogP contribution in [0.3, 0.4) is 0 Å². The highest BCUT2D eigenvalue weighted by molar-refractivity contribution is 5.07. The maximum absolute atomic E-state index is 11.8. The van der Waals surface area contributed by atoms with Gasteiger partial charge >= 0.3 is 0 Å². The van der Waals surface area contributed by atoms with Crippen molar-refractivity contribution in [3.63, 3.8) is 0 Å². The second-order valence-electron chi connectivity index (χ2n) is 2.34. The summed E-state index contributed by atoms with van der Waals surface area (Å²) in [6.45, 7) is -0.391. The van der Waals surface area contributed by atoms with Crippen LogP contribution in [0.25, 0.3) is 0 Å². The van der Waals surface area contributed by atoms with E-state index in [-0.39, 0.29) is 6.04 Å². The number of rotatable bonds is 3. The highest BCUT2D eigenvalue weighted by Crippen LogP contribution is 2.09. The zero-order valence-electron chi connectivity index (χ0n) is 6.20. The monoisotopic (exact) mass is 154 g/mol. The Labute approximate surface area is 65.3 Å². The molecule has 0 amide bonds. The zero-order chi connectivity index (χ0) is 8.10. The van der Waals surface area contributed by atoms with Crippen LogP contribution in [0, 0.1) is 0 Å². The summed E-state index contributed by atoms with van der Waals surface area (Å²) in [7, 11) is 0. The molecule has 0 radical (unpaired) electrons. The molecule has 1 heterocycles. The van der Waals surface area contributed by atoms with E-state index in [1.165, 1.54) is 0 Å². The van der Waals surface area contributed by atoms with Crippen LogP contribution < -0.4 is 5.73 Å². The van der Waals surface area contributed by atoms with Crippen molar-refractivity contribution in [2.24, 2.45) is 5.73 Å². The van der Waals surface area contributed by atoms with Gasteiger partial charge in [-0.05, 0) is 18.6 Å². The summed E-state index contributed by atoms with van der Waals surface area (Å²) in [6.07, 6.45) is 2.00. The zero-order valence-corrected chi connectivity index (χ0v) is 6.20. The van der Waals surface area contributed by atoms with E-state index in [1.807, 2.05) is 12.1 Å². The Balaban J connectivity index is 2.61. The van der Waals surface area contributed by atoms with Gasteiger partial charge in [-0.2, -0.15) is 0 Å². The molecule has 0 aliphatic rings. The summed E-state index contributed by atoms with van der Waals surface area (Å²) in [5, 5.41) is 0. The molecule has 11 heavy (non-hydrogen) atoms. The number of nitrogens with zero attached hydrogens (tertiary/aromatic N) is 1. The number of alkyl halides is 1. The molecule has 2 N–H and O–H groups in total. The van der Waals surface area contributed by atoms with Gasteiger partial charge in [0.25, 0.3) is 0 Å². The van der Waals surface area contributed by atoms with Crippen molar-refractivity contribution < 1.29 is 4.39 Å². The molecule has 2 nitrogen and oxygen atoms in total. The average Bonchev–Trinajstić information content (AvgIpc) is 2.07. The van der Waals surface area contributed by atoms with Crippen LogP contribution in [0.2, 0.25) is 0 Å². The first-order valence-corrected chi connectivity index (χ1v) is 3.57. The van der Waals surface area contributed by atoms with Gasteiger partial charge in [-0.25, -0.2) is 0 Å². The van der Waals surface area contributed by atoms with Gasteiger partial charge in [0.05, 0.1) is 12.4 Å². The lowest BCUT2D eigenvalue weighted by molar-refractivity contribution is 0.438. The van der Waals surface area contributed by atoms with Crippen LogP contribution in [-0.2, 0) is 0 Å². The van der Waals surface area contributed by atoms with Crippen molar-refractivity contribution in [2.45, 2.75) is 12.5 Å². The van der Waals surface area contributed by atoms with Crippen LogP contribution in [0.1, 0.15) is 18.2 Å². The number of nitrogens with two attached hydrogens (primary N) is 1. The second-order valence-corrected chi connectivity index (χ2v) is 2.34. The largest absolute Gasteiger partial charge is 0.323 e. The number of pyridine rings is 1. The first-order chi connectivity index (χ1) is 5.34. The van der Waals surface area contributed by atoms with Crippen molar-refractivity contribution in [2.75, 3.05) is 6.67 Å². The van der Waals surface area contributed by atoms with Gasteiger partial charge in [-0.3, -0.25) is 9.37 Å². The lowest BCUT2D eigenvalue weighted by Gasteiger charge is -2.06. The predicted octanol–water partition coefficient (Wildman–Crippen LogP) is 1.44. The molecular weight excluding hydrogens is 143 g/mol. The van der Waals surface area contributed by atoms with Gasteiger partial charge in [0, 0.05) is 12.2 Å². The molecule has 1 aromatic heterocycles. The lowest BCUT2D eigenvalue weighted by atomic mass is 10.1. The Hall–Kier alpha value is -0.960. The van der Waals surface area contributed by atoms with Crippen LogP contribution in [0.5, 0.6) is 0 Å². The van der Waals surface area contributed by atoms with Crippen molar-refractivity contribution in [1.29, 1.82) is 0 Å². The first-order valence-electron chi connectivity index (χ1n) is 3.57. The first kappa shape index (κ1) is 8.14. The van der Waals surface area contributed by atoms with E-state index in [0.29, 0.717) is 6.42 Å². The van der Waals surface area contributed by atoms with E-state index in [9.17, 15) is 4.39 Å². The molecule has 0 aromatic carbocycles. The molecule has 1 aromatic rings. The minimum Gasteiger partial charge on any atom is -0.323 e. The van der Waals surface area contributed by atoms with E-state index in [1.54, 1.807) is 12.3 Å². The number of aromatic nitrogens is 1. The quantitative estimate of drug-likeness (QED) is 0.715. The van der Waals surface area contributed by atoms with Crippen molar-refractivity contribution in [3.05, 3.63) is 30.1 Å². The smallest absolute Gasteiger partial charge is 0.0913 e. The van der Waals surface area contributed by atoms with Gasteiger partial charge in [-0.1, -0.05) is 6.07 Å². The molecule has 0 unspecified atom stereocenters. The van der Waals surface area contributed by atoms with Gasteiger partial charge in [0.2, 0.25) is 0 Å². The van der Waals surface area contributed by atoms with Crippen LogP contribution >= 0.6 is 0 Å². The standard InChI is InChI=1S/C8H11FN2/c9-5-4-7(10)8-3-1-2-6-11-8/h1-3,6-7H,4-5,10H2/t7-/m0/s1. The van der Waals surface area contributed by atoms with Gasteiger partial charge in [0.15, 0.2) is 0 Å². The SMILES string of the molecule is N[C@@H](CCF)c1ccccn1. The Bertz CT molecular complexity index is 201. The third-order valence-electron chi connectivity index (χ3n) is 1.49. The Morgan fingerprint density at radius 1 is 1.55 bits per heavy atom. The Kier molecular flexibility index (Phi) is 2.98. The Morgan fingerprint density at radius 2 is 2.36 bits per heavy atom. The molecule has 1 rings (SSSR count). The molecule has 0 aliphatic carbocycles. The highest BCUT2D eigenvalue weighted by Gasteiger charge is 2.04.